The second-order valence-corrected chi connectivity index (χ2v) is 10.0. The number of hydrogen-bond acceptors (Lipinski definition) is 6. The predicted octanol–water partition coefficient (Wildman–Crippen LogP) is 2.68. The van der Waals surface area contributed by atoms with Crippen molar-refractivity contribution in [2.45, 2.75) is 42.6 Å². The van der Waals surface area contributed by atoms with Crippen LogP contribution in [-0.4, -0.2) is 64.1 Å². The molecule has 8 heteroatoms. The van der Waals surface area contributed by atoms with Gasteiger partial charge in [0.1, 0.15) is 0 Å². The van der Waals surface area contributed by atoms with Crippen LogP contribution >= 0.6 is 0 Å². The summed E-state index contributed by atoms with van der Waals surface area (Å²) < 4.78 is 41.4. The van der Waals surface area contributed by atoms with Crippen LogP contribution in [-0.2, 0) is 14.6 Å². The van der Waals surface area contributed by atoms with E-state index >= 15 is 0 Å². The maximum absolute atomic E-state index is 12.7. The quantitative estimate of drug-likeness (QED) is 0.627. The molecule has 29 heavy (non-hydrogen) atoms. The number of methoxy groups -OCH3 is 3. The molecule has 1 heterocycles. The molecule has 0 aromatic heterocycles. The number of hydrogen-bond donors (Lipinski definition) is 0. The molecule has 1 amide bonds. The number of nitrogens with zero attached hydrogens (tertiary/aromatic N) is 1. The molecule has 7 nitrogen and oxygen atoms in total. The molecule has 0 N–H and O–H groups in total. The molecule has 1 aromatic carbocycles. The monoisotopic (exact) mass is 423 g/mol. The number of benzene rings is 1. The first-order valence-electron chi connectivity index (χ1n) is 9.90. The first-order valence-corrected chi connectivity index (χ1v) is 11.5. The van der Waals surface area contributed by atoms with Gasteiger partial charge in [0, 0.05) is 19.2 Å². The topological polar surface area (TPSA) is 82.1 Å². The van der Waals surface area contributed by atoms with Gasteiger partial charge in [0.15, 0.2) is 21.3 Å². The van der Waals surface area contributed by atoms with Gasteiger partial charge < -0.3 is 19.1 Å². The van der Waals surface area contributed by atoms with E-state index in [4.69, 9.17) is 14.2 Å². The Labute approximate surface area is 172 Å². The Kier molecular flexibility index (Phi) is 6.72. The number of carbonyl (C=O) groups is 1. The van der Waals surface area contributed by atoms with Gasteiger partial charge >= 0.3 is 0 Å². The summed E-state index contributed by atoms with van der Waals surface area (Å²) in [6.07, 6.45) is 7.71. The summed E-state index contributed by atoms with van der Waals surface area (Å²) in [5, 5.41) is -0.655. The zero-order valence-electron chi connectivity index (χ0n) is 17.2. The number of ether oxygens (including phenoxy) is 3. The molecule has 2 aliphatic rings. The minimum atomic E-state index is -3.15. The smallest absolute Gasteiger partial charge is 0.246 e. The van der Waals surface area contributed by atoms with Crippen LogP contribution in [0.15, 0.2) is 18.2 Å². The summed E-state index contributed by atoms with van der Waals surface area (Å²) in [7, 11) is 1.44. The fourth-order valence-electron chi connectivity index (χ4n) is 3.96. The van der Waals surface area contributed by atoms with Gasteiger partial charge in [0.05, 0.1) is 31.8 Å². The molecule has 1 saturated heterocycles. The minimum Gasteiger partial charge on any atom is -0.493 e. The molecular formula is C21H29NO6S. The Bertz CT molecular complexity index is 842. The molecule has 0 bridgehead atoms. The molecule has 1 aliphatic heterocycles. The number of amides is 1. The van der Waals surface area contributed by atoms with Crippen molar-refractivity contribution in [3.8, 4) is 17.2 Å². The lowest BCUT2D eigenvalue weighted by Crippen LogP contribution is -2.58. The Hall–Kier alpha value is -2.22. The van der Waals surface area contributed by atoms with E-state index in [-0.39, 0.29) is 24.2 Å². The zero-order valence-corrected chi connectivity index (χ0v) is 18.0. The maximum atomic E-state index is 12.7. The van der Waals surface area contributed by atoms with Gasteiger partial charge in [-0.1, -0.05) is 19.3 Å². The first-order chi connectivity index (χ1) is 13.9. The van der Waals surface area contributed by atoms with Crippen molar-refractivity contribution in [2.24, 2.45) is 0 Å². The van der Waals surface area contributed by atoms with Gasteiger partial charge in [-0.05, 0) is 36.6 Å². The van der Waals surface area contributed by atoms with Crippen LogP contribution in [0.1, 0.15) is 37.7 Å². The lowest BCUT2D eigenvalue weighted by molar-refractivity contribution is -0.128. The van der Waals surface area contributed by atoms with E-state index in [0.717, 1.165) is 37.7 Å². The third-order valence-electron chi connectivity index (χ3n) is 5.75. The fourth-order valence-corrected chi connectivity index (χ4v) is 6.27. The molecule has 0 atom stereocenters. The summed E-state index contributed by atoms with van der Waals surface area (Å²) in [4.78, 5) is 14.0. The Morgan fingerprint density at radius 3 is 2.07 bits per heavy atom. The zero-order chi connectivity index (χ0) is 21.0. The van der Waals surface area contributed by atoms with Crippen LogP contribution in [0, 0.1) is 0 Å². The second-order valence-electron chi connectivity index (χ2n) is 7.51. The fraction of sp³-hybridized carbons (Fsp3) is 0.571. The van der Waals surface area contributed by atoms with Crippen LogP contribution in [0.2, 0.25) is 0 Å². The molecule has 3 rings (SSSR count). The van der Waals surface area contributed by atoms with Crippen molar-refractivity contribution in [3.05, 3.63) is 23.8 Å². The van der Waals surface area contributed by atoms with Crippen LogP contribution < -0.4 is 14.2 Å². The molecule has 0 spiro atoms. The van der Waals surface area contributed by atoms with E-state index in [1.807, 2.05) is 0 Å². The van der Waals surface area contributed by atoms with Crippen molar-refractivity contribution in [1.82, 2.24) is 4.90 Å². The van der Waals surface area contributed by atoms with Crippen molar-refractivity contribution in [3.63, 3.8) is 0 Å². The molecule has 2 fully saturated rings. The summed E-state index contributed by atoms with van der Waals surface area (Å²) in [6.45, 7) is 0.550. The number of rotatable bonds is 7. The molecule has 160 valence electrons. The number of likely N-dealkylation sites (tertiary alicyclic amines) is 1. The average molecular weight is 424 g/mol. The van der Waals surface area contributed by atoms with Gasteiger partial charge in [-0.25, -0.2) is 8.42 Å². The van der Waals surface area contributed by atoms with Gasteiger partial charge in [-0.15, -0.1) is 0 Å². The average Bonchev–Trinajstić information content (AvgIpc) is 2.70. The van der Waals surface area contributed by atoms with E-state index in [9.17, 15) is 13.2 Å². The highest BCUT2D eigenvalue weighted by Gasteiger charge is 2.43. The van der Waals surface area contributed by atoms with Crippen LogP contribution in [0.25, 0.3) is 6.08 Å². The highest BCUT2D eigenvalue weighted by molar-refractivity contribution is 7.92. The molecule has 0 unspecified atom stereocenters. The third kappa shape index (κ3) is 4.52. The van der Waals surface area contributed by atoms with Gasteiger partial charge in [-0.3, -0.25) is 4.79 Å². The van der Waals surface area contributed by atoms with Crippen LogP contribution in [0.3, 0.4) is 0 Å². The summed E-state index contributed by atoms with van der Waals surface area (Å²) in [5.41, 5.74) is 0.722. The standard InChI is InChI=1S/C21H29NO6S/c1-26-18-11-15(12-19(27-2)21(18)28-3)9-10-20(23)22-13-17(14-22)29(24,25)16-7-5-4-6-8-16/h9-12,16-17H,4-8,13-14H2,1-3H3/b10-9+. The first kappa shape index (κ1) is 21.5. The summed E-state index contributed by atoms with van der Waals surface area (Å²) in [6, 6.07) is 3.50. The van der Waals surface area contributed by atoms with E-state index in [1.54, 1.807) is 23.1 Å². The van der Waals surface area contributed by atoms with E-state index in [1.165, 1.54) is 27.4 Å². The summed E-state index contributed by atoms with van der Waals surface area (Å²) in [5.74, 6) is 1.29. The molecule has 1 aromatic rings. The Morgan fingerprint density at radius 1 is 0.966 bits per heavy atom. The lowest BCUT2D eigenvalue weighted by Gasteiger charge is -2.40. The van der Waals surface area contributed by atoms with Crippen molar-refractivity contribution in [1.29, 1.82) is 0 Å². The highest BCUT2D eigenvalue weighted by atomic mass is 32.2. The van der Waals surface area contributed by atoms with Crippen molar-refractivity contribution >= 4 is 21.8 Å². The van der Waals surface area contributed by atoms with Gasteiger partial charge in [-0.2, -0.15) is 0 Å². The number of carbonyl (C=O) groups excluding carboxylic acids is 1. The molecule has 1 saturated carbocycles. The third-order valence-corrected chi connectivity index (χ3v) is 8.37. The minimum absolute atomic E-state index is 0.200. The van der Waals surface area contributed by atoms with Crippen molar-refractivity contribution in [2.75, 3.05) is 34.4 Å². The Balaban J connectivity index is 1.62. The maximum Gasteiger partial charge on any atom is 0.246 e. The van der Waals surface area contributed by atoms with Crippen LogP contribution in [0.5, 0.6) is 17.2 Å². The summed E-state index contributed by atoms with van der Waals surface area (Å²) >= 11 is 0. The Morgan fingerprint density at radius 2 is 1.55 bits per heavy atom. The SMILES string of the molecule is COc1cc(/C=C/C(=O)N2CC(S(=O)(=O)C3CCCCC3)C2)cc(OC)c1OC. The largest absolute Gasteiger partial charge is 0.493 e. The van der Waals surface area contributed by atoms with E-state index in [0.29, 0.717) is 17.2 Å². The normalized spacial score (nSPS) is 18.5. The predicted molar refractivity (Wildman–Crippen MR) is 111 cm³/mol. The van der Waals surface area contributed by atoms with Crippen molar-refractivity contribution < 1.29 is 27.4 Å². The van der Waals surface area contributed by atoms with Gasteiger partial charge in [0.25, 0.3) is 0 Å². The van der Waals surface area contributed by atoms with E-state index in [2.05, 4.69) is 0 Å². The van der Waals surface area contributed by atoms with Gasteiger partial charge in [0.2, 0.25) is 11.7 Å². The lowest BCUT2D eigenvalue weighted by atomic mass is 10.0. The highest BCUT2D eigenvalue weighted by Crippen LogP contribution is 2.38. The molecular weight excluding hydrogens is 394 g/mol. The molecule has 0 radical (unpaired) electrons. The second kappa shape index (κ2) is 9.07. The van der Waals surface area contributed by atoms with E-state index < -0.39 is 15.1 Å². The number of sulfone groups is 1. The molecule has 1 aliphatic carbocycles. The van der Waals surface area contributed by atoms with Crippen LogP contribution in [0.4, 0.5) is 0 Å².